The molecule has 1 aromatic heterocycles. The fourth-order valence-corrected chi connectivity index (χ4v) is 5.24. The summed E-state index contributed by atoms with van der Waals surface area (Å²) in [4.78, 5) is 19.0. The van der Waals surface area contributed by atoms with Crippen LogP contribution >= 0.6 is 0 Å². The van der Waals surface area contributed by atoms with Crippen molar-refractivity contribution in [2.24, 2.45) is 11.8 Å². The van der Waals surface area contributed by atoms with E-state index in [-0.39, 0.29) is 23.6 Å². The van der Waals surface area contributed by atoms with Crippen molar-refractivity contribution in [1.82, 2.24) is 19.8 Å². The Morgan fingerprint density at radius 2 is 2.19 bits per heavy atom. The third kappa shape index (κ3) is 4.18. The van der Waals surface area contributed by atoms with Crippen LogP contribution in [0.4, 0.5) is 0 Å². The van der Waals surface area contributed by atoms with E-state index in [0.717, 1.165) is 6.42 Å². The van der Waals surface area contributed by atoms with Gasteiger partial charge < -0.3 is 9.42 Å². The van der Waals surface area contributed by atoms with Crippen molar-refractivity contribution in [1.29, 1.82) is 0 Å². The molecule has 1 aromatic rings. The fraction of sp³-hybridized carbons (Fsp3) is 0.833. The quantitative estimate of drug-likeness (QED) is 0.748. The smallest absolute Gasteiger partial charge is 0.235 e. The normalized spacial score (nSPS) is 28.1. The van der Waals surface area contributed by atoms with Crippen LogP contribution in [0.15, 0.2) is 4.52 Å². The lowest BCUT2D eigenvalue weighted by molar-refractivity contribution is -0.130. The average Bonchev–Trinajstić information content (AvgIpc) is 3.24. The number of sulfonamides is 1. The Labute approximate surface area is 161 Å². The summed E-state index contributed by atoms with van der Waals surface area (Å²) in [6.07, 6.45) is 2.65. The first-order valence-electron chi connectivity index (χ1n) is 9.73. The highest BCUT2D eigenvalue weighted by Gasteiger charge is 2.58. The number of aryl methyl sites for hydroxylation is 1. The second-order valence-corrected chi connectivity index (χ2v) is 10.4. The van der Waals surface area contributed by atoms with Crippen LogP contribution in [0, 0.1) is 18.8 Å². The highest BCUT2D eigenvalue weighted by molar-refractivity contribution is 7.89. The molecule has 1 saturated carbocycles. The van der Waals surface area contributed by atoms with Gasteiger partial charge in [0, 0.05) is 25.6 Å². The molecule has 3 atom stereocenters. The molecule has 2 heterocycles. The molecule has 27 heavy (non-hydrogen) atoms. The molecular weight excluding hydrogens is 368 g/mol. The van der Waals surface area contributed by atoms with E-state index in [4.69, 9.17) is 4.52 Å². The lowest BCUT2D eigenvalue weighted by Gasteiger charge is -2.25. The highest BCUT2D eigenvalue weighted by Crippen LogP contribution is 2.50. The molecule has 0 aromatic carbocycles. The van der Waals surface area contributed by atoms with E-state index >= 15 is 0 Å². The van der Waals surface area contributed by atoms with Gasteiger partial charge in [0.1, 0.15) is 0 Å². The van der Waals surface area contributed by atoms with Gasteiger partial charge in [0.25, 0.3) is 0 Å². The first kappa shape index (κ1) is 20.3. The van der Waals surface area contributed by atoms with Gasteiger partial charge in [-0.3, -0.25) is 4.79 Å². The van der Waals surface area contributed by atoms with Crippen LogP contribution in [0.5, 0.6) is 0 Å². The number of hydrogen-bond donors (Lipinski definition) is 1. The van der Waals surface area contributed by atoms with Gasteiger partial charge in [-0.15, -0.1) is 0 Å². The lowest BCUT2D eigenvalue weighted by atomic mass is 9.80. The van der Waals surface area contributed by atoms with Gasteiger partial charge in [-0.2, -0.15) is 4.98 Å². The minimum atomic E-state index is -3.28. The summed E-state index contributed by atoms with van der Waals surface area (Å²) in [7, 11) is -3.28. The van der Waals surface area contributed by atoms with Crippen LogP contribution in [0.3, 0.4) is 0 Å². The standard InChI is InChI=1S/C18H30N4O4S/c1-5-27(24,25)21-15-8-14-10-22(16(23)7-6-12(2)3)11-18(14,9-15)17-19-13(4)20-26-17/h12,14-15,21H,5-11H2,1-4H3/t14-,15+,18-/m0/s1. The second-order valence-electron chi connectivity index (χ2n) is 8.36. The topological polar surface area (TPSA) is 105 Å². The summed E-state index contributed by atoms with van der Waals surface area (Å²) in [5.74, 6) is 1.89. The summed E-state index contributed by atoms with van der Waals surface area (Å²) in [5.41, 5.74) is -0.463. The predicted molar refractivity (Wildman–Crippen MR) is 100 cm³/mol. The Balaban J connectivity index is 1.80. The average molecular weight is 399 g/mol. The van der Waals surface area contributed by atoms with Gasteiger partial charge in [0.15, 0.2) is 5.82 Å². The molecule has 0 spiro atoms. The maximum absolute atomic E-state index is 12.7. The number of carbonyl (C=O) groups is 1. The monoisotopic (exact) mass is 398 g/mol. The molecule has 1 saturated heterocycles. The Hall–Kier alpha value is -1.48. The van der Waals surface area contributed by atoms with Crippen molar-refractivity contribution in [3.05, 3.63) is 11.7 Å². The maximum Gasteiger partial charge on any atom is 0.235 e. The molecule has 0 bridgehead atoms. The minimum Gasteiger partial charge on any atom is -0.341 e. The maximum atomic E-state index is 12.7. The predicted octanol–water partition coefficient (Wildman–Crippen LogP) is 1.61. The molecule has 9 heteroatoms. The zero-order chi connectivity index (χ0) is 19.8. The van der Waals surface area contributed by atoms with E-state index < -0.39 is 15.4 Å². The van der Waals surface area contributed by atoms with E-state index in [2.05, 4.69) is 28.7 Å². The van der Waals surface area contributed by atoms with Crippen LogP contribution in [0.1, 0.15) is 58.2 Å². The van der Waals surface area contributed by atoms with Crippen molar-refractivity contribution >= 4 is 15.9 Å². The zero-order valence-electron chi connectivity index (χ0n) is 16.6. The molecule has 1 aliphatic carbocycles. The van der Waals surface area contributed by atoms with Crippen molar-refractivity contribution in [2.75, 3.05) is 18.8 Å². The Bertz CT molecular complexity index is 791. The number of fused-ring (bicyclic) bond motifs is 1. The molecule has 2 fully saturated rings. The molecule has 1 N–H and O–H groups in total. The van der Waals surface area contributed by atoms with E-state index in [0.29, 0.717) is 50.0 Å². The third-order valence-electron chi connectivity index (χ3n) is 5.84. The summed E-state index contributed by atoms with van der Waals surface area (Å²) in [6, 6.07) is -0.167. The number of rotatable bonds is 7. The molecule has 2 aliphatic rings. The summed E-state index contributed by atoms with van der Waals surface area (Å²) < 4.78 is 32.3. The van der Waals surface area contributed by atoms with Crippen molar-refractivity contribution in [3.8, 4) is 0 Å². The van der Waals surface area contributed by atoms with Crippen molar-refractivity contribution < 1.29 is 17.7 Å². The SMILES string of the molecule is CCS(=O)(=O)N[C@@H]1C[C@H]2CN(C(=O)CCC(C)C)C[C@@]2(c2nc(C)no2)C1. The summed E-state index contributed by atoms with van der Waals surface area (Å²) in [6.45, 7) is 8.75. The largest absolute Gasteiger partial charge is 0.341 e. The third-order valence-corrected chi connectivity index (χ3v) is 7.30. The van der Waals surface area contributed by atoms with Crippen molar-refractivity contribution in [3.63, 3.8) is 0 Å². The summed E-state index contributed by atoms with van der Waals surface area (Å²) in [5, 5.41) is 3.93. The number of aromatic nitrogens is 2. The van der Waals surface area contributed by atoms with Crippen LogP contribution in [-0.2, 0) is 20.2 Å². The highest BCUT2D eigenvalue weighted by atomic mass is 32.2. The molecule has 0 unspecified atom stereocenters. The molecule has 1 aliphatic heterocycles. The van der Waals surface area contributed by atoms with Gasteiger partial charge in [-0.25, -0.2) is 13.1 Å². The Morgan fingerprint density at radius 1 is 1.44 bits per heavy atom. The number of hydrogen-bond acceptors (Lipinski definition) is 6. The molecule has 1 amide bonds. The molecule has 3 rings (SSSR count). The van der Waals surface area contributed by atoms with E-state index in [1.54, 1.807) is 13.8 Å². The van der Waals surface area contributed by atoms with Gasteiger partial charge in [-0.1, -0.05) is 19.0 Å². The molecule has 8 nitrogen and oxygen atoms in total. The van der Waals surface area contributed by atoms with Crippen molar-refractivity contribution in [2.45, 2.75) is 64.8 Å². The molecular formula is C18H30N4O4S. The van der Waals surface area contributed by atoms with E-state index in [1.165, 1.54) is 0 Å². The van der Waals surface area contributed by atoms with Crippen LogP contribution in [-0.4, -0.2) is 54.2 Å². The first-order valence-corrected chi connectivity index (χ1v) is 11.4. The van der Waals surface area contributed by atoms with E-state index in [9.17, 15) is 13.2 Å². The number of carbonyl (C=O) groups excluding carboxylic acids is 1. The van der Waals surface area contributed by atoms with Gasteiger partial charge in [0.05, 0.1) is 11.2 Å². The van der Waals surface area contributed by atoms with E-state index in [1.807, 2.05) is 4.90 Å². The fourth-order valence-electron chi connectivity index (χ4n) is 4.39. The van der Waals surface area contributed by atoms with Gasteiger partial charge in [-0.05, 0) is 44.9 Å². The second kappa shape index (κ2) is 7.50. The first-order chi connectivity index (χ1) is 12.6. The lowest BCUT2D eigenvalue weighted by Crippen LogP contribution is -2.39. The Morgan fingerprint density at radius 3 is 2.78 bits per heavy atom. The Kier molecular flexibility index (Phi) is 5.63. The number of nitrogens with one attached hydrogen (secondary N) is 1. The number of likely N-dealkylation sites (tertiary alicyclic amines) is 1. The van der Waals surface area contributed by atoms with Crippen LogP contribution in [0.2, 0.25) is 0 Å². The molecule has 0 radical (unpaired) electrons. The minimum absolute atomic E-state index is 0.0562. The van der Waals surface area contributed by atoms with Crippen LogP contribution in [0.25, 0.3) is 0 Å². The van der Waals surface area contributed by atoms with Gasteiger partial charge >= 0.3 is 0 Å². The number of amides is 1. The van der Waals surface area contributed by atoms with Crippen LogP contribution < -0.4 is 4.72 Å². The number of nitrogens with zero attached hydrogens (tertiary/aromatic N) is 3. The zero-order valence-corrected chi connectivity index (χ0v) is 17.4. The summed E-state index contributed by atoms with van der Waals surface area (Å²) >= 11 is 0. The van der Waals surface area contributed by atoms with Gasteiger partial charge in [0.2, 0.25) is 21.8 Å². The molecule has 152 valence electrons.